The van der Waals surface area contributed by atoms with E-state index in [1.807, 2.05) is 13.3 Å². The minimum absolute atomic E-state index is 0.531. The third kappa shape index (κ3) is 2.33. The highest BCUT2D eigenvalue weighted by molar-refractivity contribution is 7.98. The molecule has 1 aromatic heterocycles. The quantitative estimate of drug-likeness (QED) is 0.460. The molecule has 0 saturated heterocycles. The predicted octanol–water partition coefficient (Wildman–Crippen LogP) is 1.57. The molecular formula is C7H10ClN3S. The van der Waals surface area contributed by atoms with Crippen LogP contribution in [0.25, 0.3) is 0 Å². The smallest absolute Gasteiger partial charge is 0.188 e. The maximum atomic E-state index is 5.88. The number of hydrogen-bond donors (Lipinski definition) is 1. The number of thioether (sulfide) groups is 1. The fourth-order valence-corrected chi connectivity index (χ4v) is 1.36. The Morgan fingerprint density at radius 1 is 1.67 bits per heavy atom. The molecule has 12 heavy (non-hydrogen) atoms. The lowest BCUT2D eigenvalue weighted by Gasteiger charge is -2.02. The summed E-state index contributed by atoms with van der Waals surface area (Å²) in [5.74, 6) is 0. The van der Waals surface area contributed by atoms with Gasteiger partial charge in [-0.25, -0.2) is 9.97 Å². The van der Waals surface area contributed by atoms with Gasteiger partial charge in [0.2, 0.25) is 0 Å². The largest absolute Gasteiger partial charge is 0.316 e. The predicted molar refractivity (Wildman–Crippen MR) is 51.6 cm³/mol. The molecule has 0 atom stereocenters. The second-order valence-corrected chi connectivity index (χ2v) is 3.33. The van der Waals surface area contributed by atoms with E-state index in [0.29, 0.717) is 16.9 Å². The number of aromatic nitrogens is 2. The first kappa shape index (κ1) is 9.77. The van der Waals surface area contributed by atoms with Crippen molar-refractivity contribution in [3.05, 3.63) is 16.9 Å². The van der Waals surface area contributed by atoms with Gasteiger partial charge in [-0.3, -0.25) is 0 Å². The number of nitrogens with one attached hydrogen (secondary N) is 1. The van der Waals surface area contributed by atoms with Gasteiger partial charge in [0, 0.05) is 18.3 Å². The molecule has 3 nitrogen and oxygen atoms in total. The van der Waals surface area contributed by atoms with Crippen LogP contribution >= 0.6 is 23.4 Å². The van der Waals surface area contributed by atoms with Crippen LogP contribution in [0.1, 0.15) is 5.56 Å². The van der Waals surface area contributed by atoms with Gasteiger partial charge >= 0.3 is 0 Å². The van der Waals surface area contributed by atoms with Crippen LogP contribution in [0.4, 0.5) is 0 Å². The van der Waals surface area contributed by atoms with Crippen molar-refractivity contribution in [2.24, 2.45) is 0 Å². The Hall–Kier alpha value is -0.320. The molecule has 0 bridgehead atoms. The van der Waals surface area contributed by atoms with Crippen LogP contribution in [0.3, 0.4) is 0 Å². The number of nitrogens with zero attached hydrogens (tertiary/aromatic N) is 2. The molecule has 66 valence electrons. The van der Waals surface area contributed by atoms with E-state index < -0.39 is 0 Å². The van der Waals surface area contributed by atoms with Gasteiger partial charge in [0.15, 0.2) is 5.16 Å². The van der Waals surface area contributed by atoms with Gasteiger partial charge in [0.25, 0.3) is 0 Å². The molecule has 0 fully saturated rings. The fraction of sp³-hybridized carbons (Fsp3) is 0.429. The van der Waals surface area contributed by atoms with Crippen LogP contribution in [-0.4, -0.2) is 23.3 Å². The maximum Gasteiger partial charge on any atom is 0.188 e. The molecule has 0 saturated carbocycles. The Balaban J connectivity index is 2.87. The molecule has 0 spiro atoms. The Labute approximate surface area is 80.9 Å². The summed E-state index contributed by atoms with van der Waals surface area (Å²) >= 11 is 7.37. The number of rotatable bonds is 3. The van der Waals surface area contributed by atoms with Crippen molar-refractivity contribution in [1.82, 2.24) is 15.3 Å². The maximum absolute atomic E-state index is 5.88. The van der Waals surface area contributed by atoms with E-state index in [-0.39, 0.29) is 0 Å². The van der Waals surface area contributed by atoms with Gasteiger partial charge in [-0.1, -0.05) is 23.4 Å². The molecule has 0 aromatic carbocycles. The van der Waals surface area contributed by atoms with Gasteiger partial charge in [-0.15, -0.1) is 0 Å². The molecule has 0 radical (unpaired) electrons. The summed E-state index contributed by atoms with van der Waals surface area (Å²) in [6.45, 7) is 0.702. The second-order valence-electron chi connectivity index (χ2n) is 2.20. The summed E-state index contributed by atoms with van der Waals surface area (Å²) in [6, 6.07) is 0. The van der Waals surface area contributed by atoms with Gasteiger partial charge < -0.3 is 5.32 Å². The Morgan fingerprint density at radius 2 is 2.42 bits per heavy atom. The first-order chi connectivity index (χ1) is 5.77. The van der Waals surface area contributed by atoms with Crippen LogP contribution in [0, 0.1) is 0 Å². The van der Waals surface area contributed by atoms with Crippen LogP contribution in [0.2, 0.25) is 5.15 Å². The number of halogens is 1. The summed E-state index contributed by atoms with van der Waals surface area (Å²) in [7, 11) is 1.86. The topological polar surface area (TPSA) is 37.8 Å². The molecular weight excluding hydrogens is 194 g/mol. The van der Waals surface area contributed by atoms with E-state index in [1.165, 1.54) is 11.8 Å². The molecule has 0 aliphatic carbocycles. The molecule has 1 N–H and O–H groups in total. The van der Waals surface area contributed by atoms with E-state index in [2.05, 4.69) is 15.3 Å². The first-order valence-corrected chi connectivity index (χ1v) is 5.08. The van der Waals surface area contributed by atoms with Crippen molar-refractivity contribution in [3.63, 3.8) is 0 Å². The zero-order valence-corrected chi connectivity index (χ0v) is 8.54. The first-order valence-electron chi connectivity index (χ1n) is 3.48. The highest BCUT2D eigenvalue weighted by Crippen LogP contribution is 2.15. The minimum Gasteiger partial charge on any atom is -0.316 e. The van der Waals surface area contributed by atoms with Crippen molar-refractivity contribution in [1.29, 1.82) is 0 Å². The van der Waals surface area contributed by atoms with Crippen molar-refractivity contribution < 1.29 is 0 Å². The van der Waals surface area contributed by atoms with Crippen LogP contribution in [0.15, 0.2) is 11.4 Å². The zero-order chi connectivity index (χ0) is 8.97. The molecule has 1 rings (SSSR count). The lowest BCUT2D eigenvalue weighted by atomic mass is 10.3. The van der Waals surface area contributed by atoms with Gasteiger partial charge in [-0.2, -0.15) is 0 Å². The third-order valence-corrected chi connectivity index (χ3v) is 2.23. The van der Waals surface area contributed by atoms with E-state index in [9.17, 15) is 0 Å². The average Bonchev–Trinajstić information content (AvgIpc) is 2.09. The summed E-state index contributed by atoms with van der Waals surface area (Å²) in [5, 5.41) is 4.23. The Kier molecular flexibility index (Phi) is 3.78. The monoisotopic (exact) mass is 203 g/mol. The average molecular weight is 204 g/mol. The second kappa shape index (κ2) is 4.64. The zero-order valence-electron chi connectivity index (χ0n) is 6.97. The fourth-order valence-electron chi connectivity index (χ4n) is 0.778. The number of hydrogen-bond acceptors (Lipinski definition) is 4. The molecule has 1 aromatic rings. The Morgan fingerprint density at radius 3 is 2.92 bits per heavy atom. The summed E-state index contributed by atoms with van der Waals surface area (Å²) in [6.07, 6.45) is 3.67. The van der Waals surface area contributed by atoms with Gasteiger partial charge in [0.05, 0.1) is 0 Å². The van der Waals surface area contributed by atoms with Crippen LogP contribution < -0.4 is 5.32 Å². The molecule has 5 heteroatoms. The van der Waals surface area contributed by atoms with Crippen molar-refractivity contribution in [2.45, 2.75) is 11.7 Å². The SMILES string of the molecule is CNCc1cnc(SC)nc1Cl. The van der Waals surface area contributed by atoms with E-state index in [0.717, 1.165) is 5.56 Å². The van der Waals surface area contributed by atoms with Crippen LogP contribution in [-0.2, 0) is 6.54 Å². The molecule has 1 heterocycles. The van der Waals surface area contributed by atoms with Crippen LogP contribution in [0.5, 0.6) is 0 Å². The molecule has 0 unspecified atom stereocenters. The van der Waals surface area contributed by atoms with E-state index in [4.69, 9.17) is 11.6 Å². The lowest BCUT2D eigenvalue weighted by molar-refractivity contribution is 0.794. The van der Waals surface area contributed by atoms with Gasteiger partial charge in [-0.05, 0) is 13.3 Å². The lowest BCUT2D eigenvalue weighted by Crippen LogP contribution is -2.07. The highest BCUT2D eigenvalue weighted by Gasteiger charge is 2.02. The summed E-state index contributed by atoms with van der Waals surface area (Å²) in [5.41, 5.74) is 0.928. The minimum atomic E-state index is 0.531. The molecule has 0 aliphatic heterocycles. The highest BCUT2D eigenvalue weighted by atomic mass is 35.5. The molecule has 0 aliphatic rings. The standard InChI is InChI=1S/C7H10ClN3S/c1-9-3-5-4-10-7(12-2)11-6(5)8/h4,9H,3H2,1-2H3. The van der Waals surface area contributed by atoms with Crippen molar-refractivity contribution in [2.75, 3.05) is 13.3 Å². The van der Waals surface area contributed by atoms with Crippen molar-refractivity contribution >= 4 is 23.4 Å². The van der Waals surface area contributed by atoms with Crippen molar-refractivity contribution in [3.8, 4) is 0 Å². The Bertz CT molecular complexity index is 267. The molecule has 0 amide bonds. The van der Waals surface area contributed by atoms with E-state index in [1.54, 1.807) is 6.20 Å². The van der Waals surface area contributed by atoms with Gasteiger partial charge in [0.1, 0.15) is 5.15 Å². The normalized spacial score (nSPS) is 10.2. The third-order valence-electron chi connectivity index (χ3n) is 1.34. The van der Waals surface area contributed by atoms with E-state index >= 15 is 0 Å². The summed E-state index contributed by atoms with van der Waals surface area (Å²) < 4.78 is 0. The summed E-state index contributed by atoms with van der Waals surface area (Å²) in [4.78, 5) is 8.19.